The molecule has 0 bridgehead atoms. The van der Waals surface area contributed by atoms with Crippen molar-refractivity contribution in [3.05, 3.63) is 23.8 Å². The van der Waals surface area contributed by atoms with Crippen LogP contribution in [0.5, 0.6) is 0 Å². The van der Waals surface area contributed by atoms with E-state index in [9.17, 15) is 0 Å². The molecule has 0 spiro atoms. The molecule has 0 amide bonds. The number of hydrogen-bond acceptors (Lipinski definition) is 4. The molecule has 1 aromatic rings. The Morgan fingerprint density at radius 1 is 1.29 bits per heavy atom. The van der Waals surface area contributed by atoms with Crippen LogP contribution < -0.4 is 5.32 Å². The van der Waals surface area contributed by atoms with Crippen LogP contribution in [-0.2, 0) is 16.9 Å². The van der Waals surface area contributed by atoms with Crippen molar-refractivity contribution < 1.29 is 4.74 Å². The number of rotatable bonds is 6. The molecule has 0 atom stereocenters. The molecule has 0 radical (unpaired) electrons. The lowest BCUT2D eigenvalue weighted by molar-refractivity contribution is 0.0114. The minimum absolute atomic E-state index is 0.427. The van der Waals surface area contributed by atoms with Crippen LogP contribution in [0, 0.1) is 5.92 Å². The van der Waals surface area contributed by atoms with Gasteiger partial charge in [0.2, 0.25) is 0 Å². The van der Waals surface area contributed by atoms with Crippen LogP contribution in [-0.4, -0.2) is 23.6 Å². The predicted molar refractivity (Wildman–Crippen MR) is 68.6 cm³/mol. The highest BCUT2D eigenvalue weighted by atomic mass is 16.5. The fourth-order valence-corrected chi connectivity index (χ4v) is 1.35. The van der Waals surface area contributed by atoms with Gasteiger partial charge in [-0.1, -0.05) is 13.8 Å². The molecule has 0 aromatic carbocycles. The normalized spacial score (nSPS) is 12.1. The first kappa shape index (κ1) is 14.1. The van der Waals surface area contributed by atoms with Gasteiger partial charge in [-0.25, -0.2) is 9.97 Å². The van der Waals surface area contributed by atoms with Crippen LogP contribution in [0.15, 0.2) is 12.4 Å². The Morgan fingerprint density at radius 2 is 1.88 bits per heavy atom. The first-order chi connectivity index (χ1) is 7.95. The maximum Gasteiger partial charge on any atom is 0.159 e. The van der Waals surface area contributed by atoms with E-state index < -0.39 is 5.60 Å². The van der Waals surface area contributed by atoms with Crippen molar-refractivity contribution >= 4 is 0 Å². The number of nitrogens with one attached hydrogen (secondary N) is 1. The smallest absolute Gasteiger partial charge is 0.159 e. The Bertz CT molecular complexity index is 333. The van der Waals surface area contributed by atoms with Gasteiger partial charge < -0.3 is 10.1 Å². The largest absolute Gasteiger partial charge is 0.371 e. The molecule has 0 aliphatic carbocycles. The highest BCUT2D eigenvalue weighted by molar-refractivity contribution is 5.08. The zero-order chi connectivity index (χ0) is 12.9. The van der Waals surface area contributed by atoms with Crippen molar-refractivity contribution in [2.45, 2.75) is 39.8 Å². The van der Waals surface area contributed by atoms with Crippen molar-refractivity contribution in [3.63, 3.8) is 0 Å². The van der Waals surface area contributed by atoms with E-state index in [1.165, 1.54) is 0 Å². The lowest BCUT2D eigenvalue weighted by Gasteiger charge is -2.20. The molecule has 1 heterocycles. The summed E-state index contributed by atoms with van der Waals surface area (Å²) in [7, 11) is 1.67. The zero-order valence-corrected chi connectivity index (χ0v) is 11.4. The number of ether oxygens (including phenoxy) is 1. The van der Waals surface area contributed by atoms with Crippen LogP contribution >= 0.6 is 0 Å². The van der Waals surface area contributed by atoms with Crippen LogP contribution in [0.2, 0.25) is 0 Å². The minimum Gasteiger partial charge on any atom is -0.371 e. The van der Waals surface area contributed by atoms with Crippen molar-refractivity contribution in [3.8, 4) is 0 Å². The Morgan fingerprint density at radius 3 is 2.35 bits per heavy atom. The first-order valence-electron chi connectivity index (χ1n) is 6.03. The number of nitrogens with zero attached hydrogens (tertiary/aromatic N) is 2. The summed E-state index contributed by atoms with van der Waals surface area (Å²) in [5.74, 6) is 1.37. The van der Waals surface area contributed by atoms with Gasteiger partial charge in [0.15, 0.2) is 5.82 Å². The molecule has 0 unspecified atom stereocenters. The Kier molecular flexibility index (Phi) is 5.02. The molecule has 0 aliphatic rings. The molecule has 1 aromatic heterocycles. The van der Waals surface area contributed by atoms with Crippen molar-refractivity contribution in [1.29, 1.82) is 0 Å². The molecule has 4 nitrogen and oxygen atoms in total. The fraction of sp³-hybridized carbons (Fsp3) is 0.692. The maximum atomic E-state index is 5.34. The Balaban J connectivity index is 2.56. The number of hydrogen-bond donors (Lipinski definition) is 1. The van der Waals surface area contributed by atoms with Crippen molar-refractivity contribution in [1.82, 2.24) is 15.3 Å². The van der Waals surface area contributed by atoms with E-state index in [0.29, 0.717) is 11.7 Å². The van der Waals surface area contributed by atoms with E-state index in [-0.39, 0.29) is 0 Å². The standard InChI is InChI=1S/C13H23N3O/c1-10(2)6-14-7-11-8-15-12(16-9-11)13(3,4)17-5/h8-10,14H,6-7H2,1-5H3. The summed E-state index contributed by atoms with van der Waals surface area (Å²) in [5, 5.41) is 3.36. The Hall–Kier alpha value is -1.00. The van der Waals surface area contributed by atoms with Crippen LogP contribution in [0.3, 0.4) is 0 Å². The molecule has 0 aliphatic heterocycles. The highest BCUT2D eigenvalue weighted by Crippen LogP contribution is 2.18. The van der Waals surface area contributed by atoms with Gasteiger partial charge in [0.05, 0.1) is 0 Å². The van der Waals surface area contributed by atoms with Crippen molar-refractivity contribution in [2.24, 2.45) is 5.92 Å². The predicted octanol–water partition coefficient (Wildman–Crippen LogP) is 2.10. The highest BCUT2D eigenvalue weighted by Gasteiger charge is 2.22. The monoisotopic (exact) mass is 237 g/mol. The summed E-state index contributed by atoms with van der Waals surface area (Å²) in [5.41, 5.74) is 0.672. The second kappa shape index (κ2) is 6.07. The summed E-state index contributed by atoms with van der Waals surface area (Å²) in [6, 6.07) is 0. The summed E-state index contributed by atoms with van der Waals surface area (Å²) < 4.78 is 5.34. The summed E-state index contributed by atoms with van der Waals surface area (Å²) in [4.78, 5) is 8.69. The van der Waals surface area contributed by atoms with Crippen LogP contribution in [0.25, 0.3) is 0 Å². The van der Waals surface area contributed by atoms with Gasteiger partial charge in [-0.05, 0) is 26.3 Å². The van der Waals surface area contributed by atoms with E-state index >= 15 is 0 Å². The minimum atomic E-state index is -0.427. The molecule has 1 N–H and O–H groups in total. The average molecular weight is 237 g/mol. The first-order valence-corrected chi connectivity index (χ1v) is 6.03. The fourth-order valence-electron chi connectivity index (χ4n) is 1.35. The average Bonchev–Trinajstić information content (AvgIpc) is 2.29. The maximum absolute atomic E-state index is 5.34. The molecule has 96 valence electrons. The van der Waals surface area contributed by atoms with Crippen molar-refractivity contribution in [2.75, 3.05) is 13.7 Å². The van der Waals surface area contributed by atoms with E-state index in [0.717, 1.165) is 18.7 Å². The molecule has 0 fully saturated rings. The molecular formula is C13H23N3O. The molecule has 4 heteroatoms. The molecule has 0 saturated carbocycles. The van der Waals surface area contributed by atoms with Gasteiger partial charge in [0.25, 0.3) is 0 Å². The van der Waals surface area contributed by atoms with Crippen LogP contribution in [0.1, 0.15) is 39.1 Å². The topological polar surface area (TPSA) is 47.0 Å². The number of methoxy groups -OCH3 is 1. The van der Waals surface area contributed by atoms with Gasteiger partial charge in [0.1, 0.15) is 5.60 Å². The molecule has 1 rings (SSSR count). The summed E-state index contributed by atoms with van der Waals surface area (Å²) in [6.07, 6.45) is 3.72. The number of aromatic nitrogens is 2. The van der Waals surface area contributed by atoms with Gasteiger partial charge in [-0.3, -0.25) is 0 Å². The zero-order valence-electron chi connectivity index (χ0n) is 11.4. The third kappa shape index (κ3) is 4.40. The lowest BCUT2D eigenvalue weighted by Crippen LogP contribution is -2.23. The summed E-state index contributed by atoms with van der Waals surface area (Å²) >= 11 is 0. The SMILES string of the molecule is COC(C)(C)c1ncc(CNCC(C)C)cn1. The molecular weight excluding hydrogens is 214 g/mol. The van der Waals surface area contributed by atoms with E-state index in [1.807, 2.05) is 26.2 Å². The van der Waals surface area contributed by atoms with Gasteiger partial charge in [-0.2, -0.15) is 0 Å². The van der Waals surface area contributed by atoms with E-state index in [1.54, 1.807) is 7.11 Å². The third-order valence-corrected chi connectivity index (χ3v) is 2.64. The quantitative estimate of drug-likeness (QED) is 0.823. The van der Waals surface area contributed by atoms with Gasteiger partial charge in [0, 0.05) is 31.6 Å². The Labute approximate surface area is 104 Å². The second-order valence-corrected chi connectivity index (χ2v) is 5.15. The molecule has 0 saturated heterocycles. The van der Waals surface area contributed by atoms with Gasteiger partial charge >= 0.3 is 0 Å². The molecule has 17 heavy (non-hydrogen) atoms. The summed E-state index contributed by atoms with van der Waals surface area (Å²) in [6.45, 7) is 10.1. The van der Waals surface area contributed by atoms with E-state index in [2.05, 4.69) is 29.1 Å². The second-order valence-electron chi connectivity index (χ2n) is 5.15. The van der Waals surface area contributed by atoms with Crippen LogP contribution in [0.4, 0.5) is 0 Å². The lowest BCUT2D eigenvalue weighted by atomic mass is 10.1. The van der Waals surface area contributed by atoms with E-state index in [4.69, 9.17) is 4.74 Å². The third-order valence-electron chi connectivity index (χ3n) is 2.64. The van der Waals surface area contributed by atoms with Gasteiger partial charge in [-0.15, -0.1) is 0 Å².